The second-order valence-corrected chi connectivity index (χ2v) is 9.98. The highest BCUT2D eigenvalue weighted by Crippen LogP contribution is 2.35. The summed E-state index contributed by atoms with van der Waals surface area (Å²) in [6.45, 7) is 2.25. The number of nitrogens with one attached hydrogen (secondary N) is 2. The molecule has 5 rings (SSSR count). The summed E-state index contributed by atoms with van der Waals surface area (Å²) >= 11 is 0. The van der Waals surface area contributed by atoms with E-state index in [0.29, 0.717) is 35.8 Å². The Bertz CT molecular complexity index is 1230. The highest BCUT2D eigenvalue weighted by atomic mass is 32.2. The summed E-state index contributed by atoms with van der Waals surface area (Å²) in [7, 11) is -3.96. The van der Waals surface area contributed by atoms with E-state index >= 15 is 0 Å². The number of rotatable bonds is 5. The first-order chi connectivity index (χ1) is 15.8. The van der Waals surface area contributed by atoms with E-state index in [1.54, 1.807) is 19.1 Å². The average molecular weight is 474 g/mol. The fourth-order valence-corrected chi connectivity index (χ4v) is 5.81. The number of fused-ring (bicyclic) bond motifs is 2. The second kappa shape index (κ2) is 8.23. The molecule has 2 aromatic rings. The molecule has 11 heteroatoms. The van der Waals surface area contributed by atoms with Crippen LogP contribution in [0, 0.1) is 0 Å². The standard InChI is InChI=1S/C22H23N3O7S/c1-13-21(26)24-16-10-15(5-7-18(16)32-13)33(28,29)25-8-2-3-17(25)22(27)23-11-14-4-6-19-20(9-14)31-12-30-19/h4-7,9-10,13,17H,2-3,8,11-12H2,1H3,(H,23,27)(H,24,26). The van der Waals surface area contributed by atoms with Gasteiger partial charge in [0, 0.05) is 13.1 Å². The van der Waals surface area contributed by atoms with Crippen LogP contribution in [0.3, 0.4) is 0 Å². The Balaban J connectivity index is 1.31. The van der Waals surface area contributed by atoms with Crippen molar-refractivity contribution in [3.8, 4) is 17.2 Å². The van der Waals surface area contributed by atoms with Gasteiger partial charge in [-0.05, 0) is 55.7 Å². The van der Waals surface area contributed by atoms with Crippen LogP contribution in [0.2, 0.25) is 0 Å². The lowest BCUT2D eigenvalue weighted by Crippen LogP contribution is -2.45. The van der Waals surface area contributed by atoms with Crippen molar-refractivity contribution in [3.63, 3.8) is 0 Å². The highest BCUT2D eigenvalue weighted by Gasteiger charge is 2.40. The molecule has 2 unspecified atom stereocenters. The summed E-state index contributed by atoms with van der Waals surface area (Å²) in [4.78, 5) is 24.8. The largest absolute Gasteiger partial charge is 0.479 e. The number of hydrogen-bond acceptors (Lipinski definition) is 7. The van der Waals surface area contributed by atoms with Crippen LogP contribution in [0.5, 0.6) is 17.2 Å². The molecular weight excluding hydrogens is 450 g/mol. The monoisotopic (exact) mass is 473 g/mol. The van der Waals surface area contributed by atoms with Crippen LogP contribution in [0.1, 0.15) is 25.3 Å². The van der Waals surface area contributed by atoms with Crippen molar-refractivity contribution >= 4 is 27.5 Å². The molecule has 3 aliphatic rings. The number of amides is 2. The van der Waals surface area contributed by atoms with Crippen LogP contribution in [-0.2, 0) is 26.2 Å². The maximum absolute atomic E-state index is 13.3. The van der Waals surface area contributed by atoms with Crippen LogP contribution >= 0.6 is 0 Å². The van der Waals surface area contributed by atoms with Gasteiger partial charge in [-0.3, -0.25) is 9.59 Å². The summed E-state index contributed by atoms with van der Waals surface area (Å²) < 4.78 is 44.0. The first-order valence-corrected chi connectivity index (χ1v) is 12.1. The molecule has 10 nitrogen and oxygen atoms in total. The van der Waals surface area contributed by atoms with Crippen molar-refractivity contribution in [1.82, 2.24) is 9.62 Å². The minimum atomic E-state index is -3.96. The molecule has 0 spiro atoms. The van der Waals surface area contributed by atoms with E-state index < -0.39 is 22.2 Å². The van der Waals surface area contributed by atoms with Gasteiger partial charge in [0.25, 0.3) is 5.91 Å². The highest BCUT2D eigenvalue weighted by molar-refractivity contribution is 7.89. The molecule has 2 N–H and O–H groups in total. The molecule has 174 valence electrons. The average Bonchev–Trinajstić information content (AvgIpc) is 3.47. The van der Waals surface area contributed by atoms with Crippen LogP contribution in [0.15, 0.2) is 41.3 Å². The predicted octanol–water partition coefficient (Wildman–Crippen LogP) is 1.60. The first-order valence-electron chi connectivity index (χ1n) is 10.6. The minimum Gasteiger partial charge on any atom is -0.479 e. The number of ether oxygens (including phenoxy) is 3. The van der Waals surface area contributed by atoms with Crippen molar-refractivity contribution in [3.05, 3.63) is 42.0 Å². The fraction of sp³-hybridized carbons (Fsp3) is 0.364. The van der Waals surface area contributed by atoms with Gasteiger partial charge in [0.2, 0.25) is 22.7 Å². The van der Waals surface area contributed by atoms with Gasteiger partial charge in [0.1, 0.15) is 11.8 Å². The Labute approximate surface area is 190 Å². The molecule has 0 saturated carbocycles. The van der Waals surface area contributed by atoms with Gasteiger partial charge in [-0.25, -0.2) is 8.42 Å². The van der Waals surface area contributed by atoms with E-state index in [1.165, 1.54) is 22.5 Å². The van der Waals surface area contributed by atoms with E-state index in [2.05, 4.69) is 10.6 Å². The van der Waals surface area contributed by atoms with Crippen molar-refractivity contribution in [2.75, 3.05) is 18.7 Å². The normalized spacial score (nSPS) is 21.8. The van der Waals surface area contributed by atoms with E-state index in [-0.39, 0.29) is 36.6 Å². The van der Waals surface area contributed by atoms with Crippen molar-refractivity contribution in [1.29, 1.82) is 0 Å². The predicted molar refractivity (Wildman–Crippen MR) is 116 cm³/mol. The quantitative estimate of drug-likeness (QED) is 0.676. The summed E-state index contributed by atoms with van der Waals surface area (Å²) in [6, 6.07) is 8.88. The van der Waals surface area contributed by atoms with E-state index in [1.807, 2.05) is 6.07 Å². The van der Waals surface area contributed by atoms with Gasteiger partial charge in [0.15, 0.2) is 17.6 Å². The van der Waals surface area contributed by atoms with Crippen molar-refractivity contribution < 1.29 is 32.2 Å². The number of hydrogen-bond donors (Lipinski definition) is 2. The van der Waals surface area contributed by atoms with Gasteiger partial charge in [-0.1, -0.05) is 6.07 Å². The van der Waals surface area contributed by atoms with Crippen LogP contribution < -0.4 is 24.8 Å². The third-order valence-electron chi connectivity index (χ3n) is 5.90. The maximum atomic E-state index is 13.3. The smallest absolute Gasteiger partial charge is 0.265 e. The van der Waals surface area contributed by atoms with Gasteiger partial charge < -0.3 is 24.8 Å². The van der Waals surface area contributed by atoms with Crippen LogP contribution in [0.25, 0.3) is 0 Å². The molecule has 2 amide bonds. The van der Waals surface area contributed by atoms with Gasteiger partial charge in [0.05, 0.1) is 10.6 Å². The summed E-state index contributed by atoms with van der Waals surface area (Å²) in [5.74, 6) is 0.959. The number of anilines is 1. The molecule has 0 aromatic heterocycles. The first kappa shape index (κ1) is 21.5. The summed E-state index contributed by atoms with van der Waals surface area (Å²) in [6.07, 6.45) is 0.342. The topological polar surface area (TPSA) is 123 Å². The lowest BCUT2D eigenvalue weighted by molar-refractivity contribution is -0.124. The number of benzene rings is 2. The molecule has 1 fully saturated rings. The molecular formula is C22H23N3O7S. The van der Waals surface area contributed by atoms with Gasteiger partial charge in [-0.2, -0.15) is 4.31 Å². The SMILES string of the molecule is CC1Oc2ccc(S(=O)(=O)N3CCCC3C(=O)NCc3ccc4c(c3)OCO4)cc2NC1=O. The number of nitrogens with zero attached hydrogens (tertiary/aromatic N) is 1. The number of carbonyl (C=O) groups is 2. The van der Waals surface area contributed by atoms with Crippen molar-refractivity contribution in [2.24, 2.45) is 0 Å². The van der Waals surface area contributed by atoms with E-state index in [4.69, 9.17) is 14.2 Å². The fourth-order valence-electron chi connectivity index (χ4n) is 4.13. The molecule has 2 atom stereocenters. The maximum Gasteiger partial charge on any atom is 0.265 e. The van der Waals surface area contributed by atoms with Crippen LogP contribution in [0.4, 0.5) is 5.69 Å². The van der Waals surface area contributed by atoms with Gasteiger partial charge >= 0.3 is 0 Å². The number of carbonyl (C=O) groups excluding carboxylic acids is 2. The van der Waals surface area contributed by atoms with E-state index in [9.17, 15) is 18.0 Å². The second-order valence-electron chi connectivity index (χ2n) is 8.09. The summed E-state index contributed by atoms with van der Waals surface area (Å²) in [5, 5.41) is 5.49. The Hall–Kier alpha value is -3.31. The zero-order valence-electron chi connectivity index (χ0n) is 17.9. The van der Waals surface area contributed by atoms with Crippen molar-refractivity contribution in [2.45, 2.75) is 43.4 Å². The molecule has 0 bridgehead atoms. The lowest BCUT2D eigenvalue weighted by Gasteiger charge is -2.26. The molecule has 0 radical (unpaired) electrons. The Morgan fingerprint density at radius 2 is 1.94 bits per heavy atom. The molecule has 3 heterocycles. The third kappa shape index (κ3) is 3.98. The van der Waals surface area contributed by atoms with Gasteiger partial charge in [-0.15, -0.1) is 0 Å². The lowest BCUT2D eigenvalue weighted by atomic mass is 10.2. The summed E-state index contributed by atoms with van der Waals surface area (Å²) in [5.41, 5.74) is 1.11. The number of sulfonamides is 1. The third-order valence-corrected chi connectivity index (χ3v) is 7.80. The Morgan fingerprint density at radius 1 is 1.15 bits per heavy atom. The van der Waals surface area contributed by atoms with E-state index in [0.717, 1.165) is 5.56 Å². The molecule has 2 aromatic carbocycles. The Kier molecular flexibility index (Phi) is 5.37. The molecule has 0 aliphatic carbocycles. The molecule has 1 saturated heterocycles. The molecule has 33 heavy (non-hydrogen) atoms. The zero-order chi connectivity index (χ0) is 23.2. The zero-order valence-corrected chi connectivity index (χ0v) is 18.7. The van der Waals surface area contributed by atoms with Crippen LogP contribution in [-0.4, -0.2) is 50.0 Å². The minimum absolute atomic E-state index is 0.00447. The molecule has 3 aliphatic heterocycles. The Morgan fingerprint density at radius 3 is 2.79 bits per heavy atom.